The molecule has 0 unspecified atom stereocenters. The second kappa shape index (κ2) is 9.75. The van der Waals surface area contributed by atoms with Gasteiger partial charge in [0, 0.05) is 21.9 Å². The topological polar surface area (TPSA) is 56.7 Å². The summed E-state index contributed by atoms with van der Waals surface area (Å²) in [7, 11) is 0. The Hall–Kier alpha value is -6.07. The van der Waals surface area contributed by atoms with E-state index in [0.29, 0.717) is 17.6 Å². The van der Waals surface area contributed by atoms with Gasteiger partial charge in [-0.2, -0.15) is 9.97 Å². The molecule has 0 radical (unpaired) electrons. The van der Waals surface area contributed by atoms with Gasteiger partial charge in [0.2, 0.25) is 5.95 Å². The zero-order valence-corrected chi connectivity index (χ0v) is 23.6. The molecule has 0 saturated heterocycles. The number of nitrogens with zero attached hydrogens (tertiary/aromatic N) is 4. The molecule has 3 aromatic heterocycles. The molecule has 0 aliphatic rings. The lowest BCUT2D eigenvalue weighted by atomic mass is 9.97. The minimum atomic E-state index is 0.559. The van der Waals surface area contributed by atoms with Crippen LogP contribution in [-0.4, -0.2) is 19.5 Å². The smallest absolute Gasteiger partial charge is 0.238 e. The van der Waals surface area contributed by atoms with Crippen molar-refractivity contribution in [3.8, 4) is 39.9 Å². The van der Waals surface area contributed by atoms with E-state index in [4.69, 9.17) is 19.4 Å². The normalized spacial score (nSPS) is 11.6. The van der Waals surface area contributed by atoms with E-state index in [1.807, 2.05) is 78.9 Å². The molecule has 0 spiro atoms. The summed E-state index contributed by atoms with van der Waals surface area (Å²) in [6.07, 6.45) is 0. The Labute approximate surface area is 252 Å². The molecule has 0 aliphatic heterocycles. The fraction of sp³-hybridized carbons (Fsp3) is 0. The Morgan fingerprint density at radius 2 is 0.932 bits per heavy atom. The highest BCUT2D eigenvalue weighted by Gasteiger charge is 2.22. The number of rotatable bonds is 4. The number of hydrogen-bond donors (Lipinski definition) is 0. The van der Waals surface area contributed by atoms with Gasteiger partial charge in [-0.15, -0.1) is 0 Å². The summed E-state index contributed by atoms with van der Waals surface area (Å²) in [6, 6.07) is 49.6. The molecule has 5 nitrogen and oxygen atoms in total. The van der Waals surface area contributed by atoms with Crippen LogP contribution in [0, 0.1) is 0 Å². The van der Waals surface area contributed by atoms with E-state index in [-0.39, 0.29) is 0 Å². The van der Waals surface area contributed by atoms with Crippen LogP contribution in [0.3, 0.4) is 0 Å². The van der Waals surface area contributed by atoms with Crippen molar-refractivity contribution in [2.45, 2.75) is 0 Å². The third kappa shape index (κ3) is 3.76. The van der Waals surface area contributed by atoms with E-state index in [1.165, 1.54) is 0 Å². The lowest BCUT2D eigenvalue weighted by Gasteiger charge is -2.11. The Morgan fingerprint density at radius 1 is 0.409 bits per heavy atom. The van der Waals surface area contributed by atoms with Crippen LogP contribution in [0.15, 0.2) is 150 Å². The quantitative estimate of drug-likeness (QED) is 0.213. The van der Waals surface area contributed by atoms with Crippen LogP contribution in [0.5, 0.6) is 0 Å². The summed E-state index contributed by atoms with van der Waals surface area (Å²) < 4.78 is 8.90. The van der Waals surface area contributed by atoms with Crippen molar-refractivity contribution in [1.29, 1.82) is 0 Å². The summed E-state index contributed by atoms with van der Waals surface area (Å²) in [6.45, 7) is 0. The van der Waals surface area contributed by atoms with E-state index in [1.54, 1.807) is 0 Å². The molecule has 6 aromatic carbocycles. The van der Waals surface area contributed by atoms with Crippen molar-refractivity contribution in [3.05, 3.63) is 146 Å². The van der Waals surface area contributed by atoms with E-state index >= 15 is 0 Å². The van der Waals surface area contributed by atoms with Gasteiger partial charge in [-0.3, -0.25) is 4.57 Å². The highest BCUT2D eigenvalue weighted by Crippen LogP contribution is 2.43. The van der Waals surface area contributed by atoms with Crippen LogP contribution in [-0.2, 0) is 0 Å². The van der Waals surface area contributed by atoms with Gasteiger partial charge in [-0.1, -0.05) is 121 Å². The van der Waals surface area contributed by atoms with E-state index < -0.39 is 0 Å². The first-order valence-electron chi connectivity index (χ1n) is 14.6. The van der Waals surface area contributed by atoms with Gasteiger partial charge in [0.15, 0.2) is 11.6 Å². The largest absolute Gasteiger partial charge is 0.456 e. The summed E-state index contributed by atoms with van der Waals surface area (Å²) in [5, 5.41) is 4.34. The van der Waals surface area contributed by atoms with Gasteiger partial charge < -0.3 is 4.42 Å². The molecule has 3 heterocycles. The molecule has 44 heavy (non-hydrogen) atoms. The lowest BCUT2D eigenvalue weighted by Crippen LogP contribution is -2.06. The molecule has 0 amide bonds. The third-order valence-electron chi connectivity index (χ3n) is 8.27. The summed E-state index contributed by atoms with van der Waals surface area (Å²) in [5.74, 6) is 1.80. The van der Waals surface area contributed by atoms with Crippen LogP contribution in [0.2, 0.25) is 0 Å². The molecule has 0 saturated carbocycles. The van der Waals surface area contributed by atoms with Crippen molar-refractivity contribution in [1.82, 2.24) is 19.5 Å². The Kier molecular flexibility index (Phi) is 5.43. The minimum absolute atomic E-state index is 0.559. The first-order chi connectivity index (χ1) is 21.8. The highest BCUT2D eigenvalue weighted by atomic mass is 16.3. The Balaban J connectivity index is 1.43. The Morgan fingerprint density at radius 3 is 1.57 bits per heavy atom. The zero-order chi connectivity index (χ0) is 29.0. The maximum absolute atomic E-state index is 6.75. The highest BCUT2D eigenvalue weighted by molar-refractivity contribution is 6.28. The molecule has 0 atom stereocenters. The fourth-order valence-corrected chi connectivity index (χ4v) is 6.35. The van der Waals surface area contributed by atoms with Gasteiger partial charge in [-0.25, -0.2) is 4.98 Å². The van der Waals surface area contributed by atoms with Crippen molar-refractivity contribution < 1.29 is 4.42 Å². The first-order valence-corrected chi connectivity index (χ1v) is 14.6. The zero-order valence-electron chi connectivity index (χ0n) is 23.6. The molecule has 9 rings (SSSR count). The number of benzene rings is 6. The second-order valence-electron chi connectivity index (χ2n) is 10.8. The maximum atomic E-state index is 6.75. The van der Waals surface area contributed by atoms with Crippen LogP contribution < -0.4 is 0 Å². The van der Waals surface area contributed by atoms with Crippen molar-refractivity contribution in [2.75, 3.05) is 0 Å². The van der Waals surface area contributed by atoms with Gasteiger partial charge in [0.25, 0.3) is 0 Å². The standard InChI is InChI=1S/C39H24N4O/c1-4-13-25(14-5-1)28-19-11-23-32-34(28)29-20-10-21-30-35(29)36-31(22-12-24-33(36)44-32)43(30)39-41-37(26-15-6-2-7-16-26)40-38(42-39)27-17-8-3-9-18-27/h1-24H. The molecule has 0 aliphatic carbocycles. The van der Waals surface area contributed by atoms with Crippen LogP contribution in [0.1, 0.15) is 0 Å². The first kappa shape index (κ1) is 24.5. The number of aromatic nitrogens is 4. The summed E-state index contributed by atoms with van der Waals surface area (Å²) in [4.78, 5) is 15.1. The van der Waals surface area contributed by atoms with E-state index in [9.17, 15) is 0 Å². The molecule has 0 fully saturated rings. The molecule has 9 aromatic rings. The van der Waals surface area contributed by atoms with Crippen LogP contribution in [0.4, 0.5) is 0 Å². The fourth-order valence-electron chi connectivity index (χ4n) is 6.35. The SMILES string of the molecule is c1ccc(-c2nc(-c3ccccc3)nc(-n3c4cccc5oc6cccc(-c7ccccc7)c6c6cccc3c6c54)n2)cc1. The molecular weight excluding hydrogens is 540 g/mol. The molecule has 5 heteroatoms. The number of fused-ring (bicyclic) bond motifs is 2. The van der Waals surface area contributed by atoms with Crippen molar-refractivity contribution in [3.63, 3.8) is 0 Å². The lowest BCUT2D eigenvalue weighted by molar-refractivity contribution is 0.664. The van der Waals surface area contributed by atoms with Crippen molar-refractivity contribution >= 4 is 43.7 Å². The molecular formula is C39H24N4O. The van der Waals surface area contributed by atoms with E-state index in [2.05, 4.69) is 71.3 Å². The summed E-state index contributed by atoms with van der Waals surface area (Å²) in [5.41, 5.74) is 7.76. The average molecular weight is 565 g/mol. The van der Waals surface area contributed by atoms with Crippen LogP contribution >= 0.6 is 0 Å². The van der Waals surface area contributed by atoms with Gasteiger partial charge in [0.1, 0.15) is 11.2 Å². The van der Waals surface area contributed by atoms with Crippen LogP contribution in [0.25, 0.3) is 83.6 Å². The second-order valence-corrected chi connectivity index (χ2v) is 10.8. The monoisotopic (exact) mass is 564 g/mol. The predicted octanol–water partition coefficient (Wildman–Crippen LogP) is 9.87. The average Bonchev–Trinajstić information content (AvgIpc) is 3.36. The van der Waals surface area contributed by atoms with E-state index in [0.717, 1.165) is 66.0 Å². The van der Waals surface area contributed by atoms with Gasteiger partial charge >= 0.3 is 0 Å². The number of hydrogen-bond acceptors (Lipinski definition) is 4. The minimum Gasteiger partial charge on any atom is -0.456 e. The predicted molar refractivity (Wildman–Crippen MR) is 178 cm³/mol. The van der Waals surface area contributed by atoms with Gasteiger partial charge in [-0.05, 0) is 40.8 Å². The molecule has 206 valence electrons. The molecule has 0 N–H and O–H groups in total. The maximum Gasteiger partial charge on any atom is 0.238 e. The summed E-state index contributed by atoms with van der Waals surface area (Å²) >= 11 is 0. The van der Waals surface area contributed by atoms with Gasteiger partial charge in [0.05, 0.1) is 16.4 Å². The molecule has 0 bridgehead atoms. The van der Waals surface area contributed by atoms with Crippen molar-refractivity contribution in [2.24, 2.45) is 0 Å². The Bertz CT molecular complexity index is 2420. The third-order valence-corrected chi connectivity index (χ3v) is 8.27.